The van der Waals surface area contributed by atoms with Crippen LogP contribution in [-0.4, -0.2) is 65.3 Å². The summed E-state index contributed by atoms with van der Waals surface area (Å²) in [5.74, 6) is -0.640. The number of carbonyl (C=O) groups excluding carboxylic acids is 2. The molecule has 2 aromatic carbocycles. The van der Waals surface area contributed by atoms with Gasteiger partial charge in [-0.3, -0.25) is 4.79 Å². The Morgan fingerprint density at radius 2 is 1.75 bits per heavy atom. The van der Waals surface area contributed by atoms with Gasteiger partial charge >= 0.3 is 223 Å². The number of halogens is 2. The molecule has 1 saturated heterocycles. The Bertz CT molecular complexity index is 1400. The first kappa shape index (κ1) is 30.3. The van der Waals surface area contributed by atoms with Crippen LogP contribution < -0.4 is 37.7 Å². The molecule has 4 N–H and O–H groups in total. The Hall–Kier alpha value is -2.68. The van der Waals surface area contributed by atoms with Gasteiger partial charge in [-0.05, 0) is 0 Å². The standard InChI is InChI=1S/C27H32ClIN5O5S/c1-19(35)31-22-8-6-20(7-9-22)18-40(37,38)34-14-12-33(13-15-34)24(17-30)25(39-29-27(2)10-11-27)26(36)32-23-5-3-4-21(28)16-23/h3-9,16-17,30H,10-15,18H2,1-2H3,(H,31,35)(H,32,36)/q-1/p+1/b25-24-,30-17?. The Morgan fingerprint density at radius 3 is 2.33 bits per heavy atom. The van der Waals surface area contributed by atoms with Gasteiger partial charge in [-0.15, -0.1) is 0 Å². The van der Waals surface area contributed by atoms with E-state index in [2.05, 4.69) is 17.6 Å². The quantitative estimate of drug-likeness (QED) is 0.0906. The summed E-state index contributed by atoms with van der Waals surface area (Å²) in [6.45, 7) is 4.72. The first-order chi connectivity index (χ1) is 19.0. The topological polar surface area (TPSA) is 134 Å². The monoisotopic (exact) mass is 701 g/mol. The van der Waals surface area contributed by atoms with Crippen molar-refractivity contribution in [1.29, 1.82) is 0 Å². The fourth-order valence-corrected chi connectivity index (χ4v) is 7.64. The van der Waals surface area contributed by atoms with Gasteiger partial charge in [0, 0.05) is 12.6 Å². The van der Waals surface area contributed by atoms with Gasteiger partial charge in [-0.2, -0.15) is 0 Å². The number of nitrogens with one attached hydrogen (secondary N) is 2. The molecule has 4 rings (SSSR count). The number of amides is 2. The molecule has 2 aliphatic rings. The molecular formula is C27H33ClIN5O5S. The maximum atomic E-state index is 13.4. The molecule has 0 spiro atoms. The van der Waals surface area contributed by atoms with Crippen LogP contribution in [0.5, 0.6) is 0 Å². The molecule has 0 atom stereocenters. The predicted octanol–water partition coefficient (Wildman–Crippen LogP) is -1.00. The van der Waals surface area contributed by atoms with E-state index in [1.165, 1.54) is 17.4 Å². The van der Waals surface area contributed by atoms with Crippen molar-refractivity contribution in [3.05, 3.63) is 70.6 Å². The summed E-state index contributed by atoms with van der Waals surface area (Å²) < 4.78 is 34.1. The van der Waals surface area contributed by atoms with Gasteiger partial charge in [0.15, 0.2) is 0 Å². The molecule has 2 fully saturated rings. The van der Waals surface area contributed by atoms with E-state index in [1.54, 1.807) is 48.5 Å². The summed E-state index contributed by atoms with van der Waals surface area (Å²) in [6.07, 6.45) is 3.49. The van der Waals surface area contributed by atoms with Crippen molar-refractivity contribution in [3.8, 4) is 0 Å². The number of nitrogens with zero attached hydrogens (tertiary/aromatic N) is 2. The summed E-state index contributed by atoms with van der Waals surface area (Å²) >= 11 is 5.32. The number of hydrogen-bond donors (Lipinski definition) is 3. The van der Waals surface area contributed by atoms with Crippen molar-refractivity contribution in [2.24, 2.45) is 0 Å². The molecule has 1 saturated carbocycles. The average molecular weight is 702 g/mol. The molecule has 0 unspecified atom stereocenters. The fourth-order valence-electron chi connectivity index (χ4n) is 4.05. The molecule has 0 radical (unpaired) electrons. The maximum absolute atomic E-state index is 13.4. The molecule has 2 aromatic rings. The van der Waals surface area contributed by atoms with Crippen LogP contribution in [0.3, 0.4) is 0 Å². The SMILES string of the molecule is CC(=O)Nc1ccc(CS(=O)(=O)N2CCN(/C(C=[NH2+])=C(\O[I-]C3(C)CC3)C(=O)Nc3cccc(Cl)c3)CC2)cc1. The molecule has 1 heterocycles. The predicted molar refractivity (Wildman–Crippen MR) is 150 cm³/mol. The van der Waals surface area contributed by atoms with Crippen molar-refractivity contribution in [1.82, 2.24) is 9.21 Å². The van der Waals surface area contributed by atoms with Crippen molar-refractivity contribution in [2.75, 3.05) is 36.8 Å². The number of hydrogen-bond acceptors (Lipinski definition) is 6. The number of piperazine rings is 1. The van der Waals surface area contributed by atoms with Crippen LogP contribution in [-0.2, 0) is 28.4 Å². The summed E-state index contributed by atoms with van der Waals surface area (Å²) in [7, 11) is -3.59. The third-order valence-corrected chi connectivity index (χ3v) is 11.4. The second-order valence-electron chi connectivity index (χ2n) is 9.93. The fraction of sp³-hybridized carbons (Fsp3) is 0.370. The number of allylic oxidation sites excluding steroid dienone is 1. The van der Waals surface area contributed by atoms with Crippen LogP contribution >= 0.6 is 11.6 Å². The molecular weight excluding hydrogens is 669 g/mol. The van der Waals surface area contributed by atoms with Crippen LogP contribution in [0.4, 0.5) is 11.4 Å². The summed E-state index contributed by atoms with van der Waals surface area (Å²) in [5, 5.41) is 12.0. The molecule has 2 amide bonds. The van der Waals surface area contributed by atoms with Crippen LogP contribution in [0.15, 0.2) is 60.0 Å². The van der Waals surface area contributed by atoms with Crippen molar-refractivity contribution in [3.63, 3.8) is 0 Å². The van der Waals surface area contributed by atoms with Crippen LogP contribution in [0.25, 0.3) is 0 Å². The zero-order valence-corrected chi connectivity index (χ0v) is 26.1. The van der Waals surface area contributed by atoms with E-state index in [-0.39, 0.29) is 33.9 Å². The van der Waals surface area contributed by atoms with E-state index >= 15 is 0 Å². The van der Waals surface area contributed by atoms with Crippen LogP contribution in [0.2, 0.25) is 5.02 Å². The molecule has 1 aliphatic heterocycles. The number of anilines is 2. The van der Waals surface area contributed by atoms with Gasteiger partial charge in [0.2, 0.25) is 5.91 Å². The zero-order valence-electron chi connectivity index (χ0n) is 22.3. The number of carbonyl (C=O) groups is 2. The minimum atomic E-state index is -3.59. The number of alkyl halides is 1. The summed E-state index contributed by atoms with van der Waals surface area (Å²) in [4.78, 5) is 26.5. The average Bonchev–Trinajstić information content (AvgIpc) is 3.64. The van der Waals surface area contributed by atoms with Crippen molar-refractivity contribution >= 4 is 51.0 Å². The Kier molecular flexibility index (Phi) is 9.75. The van der Waals surface area contributed by atoms with E-state index in [1.807, 2.05) is 4.90 Å². The molecule has 1 aliphatic carbocycles. The second-order valence-corrected chi connectivity index (χ2v) is 15.8. The molecule has 0 bridgehead atoms. The van der Waals surface area contributed by atoms with Gasteiger partial charge in [0.05, 0.1) is 0 Å². The van der Waals surface area contributed by atoms with Crippen LogP contribution in [0, 0.1) is 0 Å². The van der Waals surface area contributed by atoms with Gasteiger partial charge in [0.1, 0.15) is 0 Å². The van der Waals surface area contributed by atoms with Crippen molar-refractivity contribution < 1.29 is 48.1 Å². The van der Waals surface area contributed by atoms with Crippen molar-refractivity contribution in [2.45, 2.75) is 35.9 Å². The number of benzene rings is 2. The first-order valence-electron chi connectivity index (χ1n) is 12.8. The zero-order chi connectivity index (χ0) is 28.9. The summed E-state index contributed by atoms with van der Waals surface area (Å²) in [6, 6.07) is 13.6. The van der Waals surface area contributed by atoms with Crippen LogP contribution in [0.1, 0.15) is 32.3 Å². The number of rotatable bonds is 11. The Morgan fingerprint density at radius 1 is 1.07 bits per heavy atom. The third kappa shape index (κ3) is 8.18. The van der Waals surface area contributed by atoms with E-state index in [4.69, 9.17) is 20.1 Å². The molecule has 0 aromatic heterocycles. The third-order valence-electron chi connectivity index (χ3n) is 6.52. The molecule has 13 heteroatoms. The number of sulfonamides is 1. The number of nitrogens with two attached hydrogens (primary N) is 1. The van der Waals surface area contributed by atoms with E-state index in [0.717, 1.165) is 12.8 Å². The van der Waals surface area contributed by atoms with Gasteiger partial charge in [0.25, 0.3) is 0 Å². The van der Waals surface area contributed by atoms with E-state index < -0.39 is 37.6 Å². The molecule has 10 nitrogen and oxygen atoms in total. The summed E-state index contributed by atoms with van der Waals surface area (Å²) in [5.41, 5.74) is 2.20. The van der Waals surface area contributed by atoms with E-state index in [0.29, 0.717) is 40.7 Å². The Labute approximate surface area is 250 Å². The van der Waals surface area contributed by atoms with Gasteiger partial charge in [-0.1, -0.05) is 0 Å². The minimum absolute atomic E-state index is 0.132. The Balaban J connectivity index is 1.46. The first-order valence-corrected chi connectivity index (χ1v) is 16.7. The van der Waals surface area contributed by atoms with Gasteiger partial charge < -0.3 is 5.32 Å². The van der Waals surface area contributed by atoms with Gasteiger partial charge in [-0.25, -0.2) is 0 Å². The normalized spacial score (nSPS) is 17.5. The second kappa shape index (κ2) is 12.9. The molecule has 40 heavy (non-hydrogen) atoms. The molecule has 216 valence electrons. The van der Waals surface area contributed by atoms with E-state index in [9.17, 15) is 18.0 Å².